The summed E-state index contributed by atoms with van der Waals surface area (Å²) in [6.45, 7) is 2.15. The van der Waals surface area contributed by atoms with Gasteiger partial charge in [-0.15, -0.1) is 0 Å². The van der Waals surface area contributed by atoms with Crippen molar-refractivity contribution >= 4 is 28.4 Å². The van der Waals surface area contributed by atoms with Gasteiger partial charge in [-0.05, 0) is 42.7 Å². The number of rotatable bonds is 7. The van der Waals surface area contributed by atoms with Gasteiger partial charge in [0.2, 0.25) is 5.91 Å². The highest BCUT2D eigenvalue weighted by molar-refractivity contribution is 6.03. The molecule has 1 aromatic heterocycles. The summed E-state index contributed by atoms with van der Waals surface area (Å²) in [5.41, 5.74) is 3.11. The molecule has 0 radical (unpaired) electrons. The quantitative estimate of drug-likeness (QED) is 0.461. The normalized spacial score (nSPS) is 10.7. The smallest absolute Gasteiger partial charge is 0.261 e. The van der Waals surface area contributed by atoms with Gasteiger partial charge in [-0.2, -0.15) is 0 Å². The second-order valence-electron chi connectivity index (χ2n) is 7.73. The molecule has 0 fully saturated rings. The maximum atomic E-state index is 12.8. The number of para-hydroxylation sites is 2. The third-order valence-corrected chi connectivity index (χ3v) is 5.36. The molecule has 166 valence electrons. The van der Waals surface area contributed by atoms with E-state index in [1.165, 1.54) is 10.9 Å². The first kappa shape index (κ1) is 22.0. The molecule has 0 atom stereocenters. The van der Waals surface area contributed by atoms with Gasteiger partial charge >= 0.3 is 0 Å². The number of carbonyl (C=O) groups is 2. The number of hydrogen-bond donors (Lipinski definition) is 2. The number of carbonyl (C=O) groups excluding carboxylic acids is 2. The van der Waals surface area contributed by atoms with E-state index in [4.69, 9.17) is 0 Å². The zero-order chi connectivity index (χ0) is 23.2. The standard InChI is InChI=1S/C26H24N4O3/c1-18-8-7-12-21-24(18)28-17-30(26(21)33)16-23(31)29-22-13-6-5-11-20(22)25(32)27-15-14-19-9-3-2-4-10-19/h2-13,17H,14-16H2,1H3,(H,27,32)(H,29,31). The van der Waals surface area contributed by atoms with Crippen molar-refractivity contribution in [3.8, 4) is 0 Å². The first-order valence-corrected chi connectivity index (χ1v) is 10.7. The van der Waals surface area contributed by atoms with Crippen molar-refractivity contribution in [3.63, 3.8) is 0 Å². The Morgan fingerprint density at radius 2 is 1.70 bits per heavy atom. The van der Waals surface area contributed by atoms with Crippen molar-refractivity contribution in [2.45, 2.75) is 19.9 Å². The van der Waals surface area contributed by atoms with Crippen LogP contribution in [-0.4, -0.2) is 27.9 Å². The zero-order valence-corrected chi connectivity index (χ0v) is 18.2. The summed E-state index contributed by atoms with van der Waals surface area (Å²) in [6.07, 6.45) is 2.08. The lowest BCUT2D eigenvalue weighted by atomic mass is 10.1. The number of nitrogens with zero attached hydrogens (tertiary/aromatic N) is 2. The second kappa shape index (κ2) is 9.91. The predicted octanol–water partition coefficient (Wildman–Crippen LogP) is 3.32. The van der Waals surface area contributed by atoms with Gasteiger partial charge in [0.25, 0.3) is 11.5 Å². The number of anilines is 1. The molecule has 3 aromatic carbocycles. The summed E-state index contributed by atoms with van der Waals surface area (Å²) in [7, 11) is 0. The fraction of sp³-hybridized carbons (Fsp3) is 0.154. The first-order valence-electron chi connectivity index (χ1n) is 10.7. The van der Waals surface area contributed by atoms with Gasteiger partial charge in [0.05, 0.1) is 28.5 Å². The predicted molar refractivity (Wildman–Crippen MR) is 128 cm³/mol. The maximum Gasteiger partial charge on any atom is 0.261 e. The van der Waals surface area contributed by atoms with E-state index in [-0.39, 0.29) is 18.0 Å². The molecule has 7 nitrogen and oxygen atoms in total. The van der Waals surface area contributed by atoms with E-state index in [1.54, 1.807) is 36.4 Å². The molecule has 0 aliphatic carbocycles. The average molecular weight is 441 g/mol. The molecule has 0 spiro atoms. The molecule has 0 bridgehead atoms. The van der Waals surface area contributed by atoms with Gasteiger partial charge in [0.1, 0.15) is 6.54 Å². The molecular formula is C26H24N4O3. The largest absolute Gasteiger partial charge is 0.352 e. The van der Waals surface area contributed by atoms with Crippen LogP contribution in [-0.2, 0) is 17.8 Å². The summed E-state index contributed by atoms with van der Waals surface area (Å²) in [5, 5.41) is 6.10. The number of amides is 2. The van der Waals surface area contributed by atoms with Crippen LogP contribution in [0.25, 0.3) is 10.9 Å². The maximum absolute atomic E-state index is 12.8. The molecule has 0 aliphatic heterocycles. The van der Waals surface area contributed by atoms with Gasteiger partial charge in [-0.3, -0.25) is 19.0 Å². The highest BCUT2D eigenvalue weighted by Crippen LogP contribution is 2.15. The minimum atomic E-state index is -0.421. The molecule has 2 amide bonds. The van der Waals surface area contributed by atoms with E-state index >= 15 is 0 Å². The van der Waals surface area contributed by atoms with Crippen LogP contribution >= 0.6 is 0 Å². The van der Waals surface area contributed by atoms with Gasteiger partial charge in [-0.1, -0.05) is 54.6 Å². The highest BCUT2D eigenvalue weighted by Gasteiger charge is 2.14. The number of aromatic nitrogens is 2. The number of nitrogens with one attached hydrogen (secondary N) is 2. The number of hydrogen-bond acceptors (Lipinski definition) is 4. The molecule has 0 unspecified atom stereocenters. The van der Waals surface area contributed by atoms with E-state index < -0.39 is 5.91 Å². The SMILES string of the molecule is Cc1cccc2c(=O)n(CC(=O)Nc3ccccc3C(=O)NCCc3ccccc3)cnc12. The summed E-state index contributed by atoms with van der Waals surface area (Å²) >= 11 is 0. The van der Waals surface area contributed by atoms with Crippen LogP contribution in [0.4, 0.5) is 5.69 Å². The van der Waals surface area contributed by atoms with Gasteiger partial charge in [-0.25, -0.2) is 4.98 Å². The summed E-state index contributed by atoms with van der Waals surface area (Å²) in [4.78, 5) is 42.5. The third kappa shape index (κ3) is 5.15. The van der Waals surface area contributed by atoms with Crippen molar-refractivity contribution in [2.75, 3.05) is 11.9 Å². The average Bonchev–Trinajstić information content (AvgIpc) is 2.82. The summed E-state index contributed by atoms with van der Waals surface area (Å²) < 4.78 is 1.26. The molecule has 0 saturated carbocycles. The van der Waals surface area contributed by atoms with Crippen molar-refractivity contribution in [1.29, 1.82) is 0 Å². The van der Waals surface area contributed by atoms with Crippen molar-refractivity contribution in [1.82, 2.24) is 14.9 Å². The topological polar surface area (TPSA) is 93.1 Å². The number of fused-ring (bicyclic) bond motifs is 1. The summed E-state index contributed by atoms with van der Waals surface area (Å²) in [6, 6.07) is 22.0. The Hall–Kier alpha value is -4.26. The van der Waals surface area contributed by atoms with E-state index in [0.717, 1.165) is 11.1 Å². The van der Waals surface area contributed by atoms with Crippen molar-refractivity contribution < 1.29 is 9.59 Å². The molecule has 0 saturated heterocycles. The highest BCUT2D eigenvalue weighted by atomic mass is 16.2. The van der Waals surface area contributed by atoms with Gasteiger partial charge < -0.3 is 10.6 Å². The molecule has 4 rings (SSSR count). The van der Waals surface area contributed by atoms with Crippen LogP contribution in [0.5, 0.6) is 0 Å². The Morgan fingerprint density at radius 3 is 2.52 bits per heavy atom. The van der Waals surface area contributed by atoms with E-state index in [1.807, 2.05) is 43.3 Å². The first-order chi connectivity index (χ1) is 16.0. The summed E-state index contributed by atoms with van der Waals surface area (Å²) in [5.74, 6) is -0.697. The Balaban J connectivity index is 1.44. The third-order valence-electron chi connectivity index (χ3n) is 5.36. The van der Waals surface area contributed by atoms with Crippen LogP contribution in [0.1, 0.15) is 21.5 Å². The Labute approximate surface area is 191 Å². The molecule has 7 heteroatoms. The Morgan fingerprint density at radius 1 is 0.939 bits per heavy atom. The van der Waals surface area contributed by atoms with Gasteiger partial charge in [0.15, 0.2) is 0 Å². The second-order valence-corrected chi connectivity index (χ2v) is 7.73. The van der Waals surface area contributed by atoms with Crippen LogP contribution in [0, 0.1) is 6.92 Å². The molecular weight excluding hydrogens is 416 g/mol. The van der Waals surface area contributed by atoms with E-state index in [2.05, 4.69) is 15.6 Å². The van der Waals surface area contributed by atoms with Crippen LogP contribution in [0.2, 0.25) is 0 Å². The fourth-order valence-corrected chi connectivity index (χ4v) is 3.64. The van der Waals surface area contributed by atoms with Crippen molar-refractivity contribution in [2.24, 2.45) is 0 Å². The van der Waals surface area contributed by atoms with Crippen LogP contribution < -0.4 is 16.2 Å². The fourth-order valence-electron chi connectivity index (χ4n) is 3.64. The monoisotopic (exact) mass is 440 g/mol. The van der Waals surface area contributed by atoms with Crippen LogP contribution in [0.15, 0.2) is 83.9 Å². The molecule has 1 heterocycles. The van der Waals surface area contributed by atoms with E-state index in [9.17, 15) is 14.4 Å². The lowest BCUT2D eigenvalue weighted by molar-refractivity contribution is -0.116. The lowest BCUT2D eigenvalue weighted by Crippen LogP contribution is -2.30. The Bertz CT molecular complexity index is 1360. The lowest BCUT2D eigenvalue weighted by Gasteiger charge is -2.12. The van der Waals surface area contributed by atoms with E-state index in [0.29, 0.717) is 35.1 Å². The molecule has 2 N–H and O–H groups in total. The number of aryl methyl sites for hydroxylation is 1. The Kier molecular flexibility index (Phi) is 6.59. The van der Waals surface area contributed by atoms with Crippen molar-refractivity contribution in [3.05, 3.63) is 106 Å². The zero-order valence-electron chi connectivity index (χ0n) is 18.2. The minimum Gasteiger partial charge on any atom is -0.352 e. The van der Waals surface area contributed by atoms with Crippen LogP contribution in [0.3, 0.4) is 0 Å². The minimum absolute atomic E-state index is 0.209. The molecule has 33 heavy (non-hydrogen) atoms. The van der Waals surface area contributed by atoms with Gasteiger partial charge in [0, 0.05) is 6.54 Å². The molecule has 0 aliphatic rings. The molecule has 4 aromatic rings. The number of benzene rings is 3.